The first kappa shape index (κ1) is 12.5. The average Bonchev–Trinajstić information content (AvgIpc) is 2.57. The Balaban J connectivity index is 2.36. The first-order chi connectivity index (χ1) is 8.04. The summed E-state index contributed by atoms with van der Waals surface area (Å²) in [5.41, 5.74) is 0. The zero-order chi connectivity index (χ0) is 12.4. The third-order valence-electron chi connectivity index (χ3n) is 2.10. The van der Waals surface area contributed by atoms with Crippen LogP contribution in [0.15, 0.2) is 23.2 Å². The van der Waals surface area contributed by atoms with Crippen LogP contribution >= 0.6 is 34.3 Å². The van der Waals surface area contributed by atoms with Gasteiger partial charge in [-0.1, -0.05) is 11.6 Å². The molecule has 17 heavy (non-hydrogen) atoms. The third kappa shape index (κ3) is 3.28. The van der Waals surface area contributed by atoms with E-state index in [9.17, 15) is 4.79 Å². The van der Waals surface area contributed by atoms with Gasteiger partial charge < -0.3 is 5.11 Å². The summed E-state index contributed by atoms with van der Waals surface area (Å²) in [5, 5.41) is 9.37. The van der Waals surface area contributed by atoms with Crippen molar-refractivity contribution in [2.45, 2.75) is 19.4 Å². The van der Waals surface area contributed by atoms with Gasteiger partial charge >= 0.3 is 5.97 Å². The van der Waals surface area contributed by atoms with Crippen LogP contribution in [0.1, 0.15) is 13.3 Å². The highest BCUT2D eigenvalue weighted by atomic mass is 35.5. The number of aliphatic carboxylic acids is 1. The van der Waals surface area contributed by atoms with Crippen LogP contribution in [0.25, 0.3) is 9.40 Å². The SMILES string of the molecule is CC(CC(=O)O)/N=c1/sc2ccc(Cl)cc2s1. The maximum Gasteiger partial charge on any atom is 0.305 e. The average molecular weight is 288 g/mol. The monoisotopic (exact) mass is 287 g/mol. The lowest BCUT2D eigenvalue weighted by Crippen LogP contribution is -2.09. The summed E-state index contributed by atoms with van der Waals surface area (Å²) in [6, 6.07) is 5.50. The Hall–Kier alpha value is -0.910. The van der Waals surface area contributed by atoms with Crippen LogP contribution in [-0.4, -0.2) is 17.1 Å². The molecule has 0 saturated carbocycles. The van der Waals surface area contributed by atoms with Gasteiger partial charge in [0.25, 0.3) is 0 Å². The largest absolute Gasteiger partial charge is 0.481 e. The van der Waals surface area contributed by atoms with Gasteiger partial charge in [-0.15, -0.1) is 22.7 Å². The lowest BCUT2D eigenvalue weighted by molar-refractivity contribution is -0.137. The Morgan fingerprint density at radius 2 is 2.18 bits per heavy atom. The number of hydrogen-bond acceptors (Lipinski definition) is 4. The molecule has 0 aliphatic carbocycles. The number of carboxylic acid groups (broad SMARTS) is 1. The van der Waals surface area contributed by atoms with Crippen LogP contribution < -0.4 is 3.98 Å². The van der Waals surface area contributed by atoms with E-state index in [-0.39, 0.29) is 12.5 Å². The van der Waals surface area contributed by atoms with E-state index in [2.05, 4.69) is 4.99 Å². The predicted octanol–water partition coefficient (Wildman–Crippen LogP) is 3.38. The number of benzene rings is 1. The van der Waals surface area contributed by atoms with Crippen molar-refractivity contribution in [1.29, 1.82) is 0 Å². The molecule has 1 aromatic heterocycles. The Bertz CT molecular complexity index is 617. The standard InChI is InChI=1S/C11H10ClNO2S2/c1-6(4-10(14)15)13-11-16-8-3-2-7(12)5-9(8)17-11/h2-3,5-6H,4H2,1H3,(H,14,15)/b13-11-. The molecule has 0 fully saturated rings. The number of carboxylic acids is 1. The van der Waals surface area contributed by atoms with E-state index in [1.165, 1.54) is 0 Å². The van der Waals surface area contributed by atoms with E-state index in [4.69, 9.17) is 16.7 Å². The molecule has 90 valence electrons. The van der Waals surface area contributed by atoms with Crippen molar-refractivity contribution in [1.82, 2.24) is 0 Å². The van der Waals surface area contributed by atoms with Crippen LogP contribution in [0.2, 0.25) is 5.02 Å². The molecule has 0 aliphatic heterocycles. The van der Waals surface area contributed by atoms with Crippen molar-refractivity contribution >= 4 is 49.6 Å². The molecule has 2 aromatic rings. The van der Waals surface area contributed by atoms with E-state index in [0.717, 1.165) is 13.4 Å². The van der Waals surface area contributed by atoms with Crippen LogP contribution in [0, 0.1) is 0 Å². The van der Waals surface area contributed by atoms with Gasteiger partial charge in [0.05, 0.1) is 12.5 Å². The van der Waals surface area contributed by atoms with E-state index in [1.807, 2.05) is 18.2 Å². The molecule has 1 heterocycles. The molecule has 6 heteroatoms. The number of nitrogens with zero attached hydrogens (tertiary/aromatic N) is 1. The summed E-state index contributed by atoms with van der Waals surface area (Å²) in [6.07, 6.45) is 0.0573. The van der Waals surface area contributed by atoms with Gasteiger partial charge in [0.1, 0.15) is 0 Å². The highest BCUT2D eigenvalue weighted by Gasteiger charge is 2.06. The van der Waals surface area contributed by atoms with Gasteiger partial charge in [0.2, 0.25) is 0 Å². The molecule has 1 atom stereocenters. The minimum atomic E-state index is -0.824. The van der Waals surface area contributed by atoms with Crippen LogP contribution in [0.4, 0.5) is 0 Å². The quantitative estimate of drug-likeness (QED) is 0.941. The highest BCUT2D eigenvalue weighted by molar-refractivity contribution is 7.35. The minimum Gasteiger partial charge on any atom is -0.481 e. The number of hydrogen-bond donors (Lipinski definition) is 1. The second-order valence-electron chi connectivity index (χ2n) is 3.64. The fourth-order valence-corrected chi connectivity index (χ4v) is 4.07. The summed E-state index contributed by atoms with van der Waals surface area (Å²) in [7, 11) is 0. The maximum absolute atomic E-state index is 10.5. The molecule has 2 rings (SSSR count). The van der Waals surface area contributed by atoms with Crippen molar-refractivity contribution < 1.29 is 9.90 Å². The van der Waals surface area contributed by atoms with Crippen LogP contribution in [-0.2, 0) is 4.79 Å². The summed E-state index contributed by atoms with van der Waals surface area (Å²) in [4.78, 5) is 14.9. The molecule has 0 saturated heterocycles. The van der Waals surface area contributed by atoms with E-state index >= 15 is 0 Å². The first-order valence-corrected chi connectivity index (χ1v) is 7.00. The molecule has 0 spiro atoms. The van der Waals surface area contributed by atoms with Gasteiger partial charge in [-0.3, -0.25) is 9.79 Å². The highest BCUT2D eigenvalue weighted by Crippen LogP contribution is 2.24. The van der Waals surface area contributed by atoms with Crippen molar-refractivity contribution in [3.63, 3.8) is 0 Å². The van der Waals surface area contributed by atoms with Gasteiger partial charge in [-0.2, -0.15) is 0 Å². The molecule has 0 radical (unpaired) electrons. The lowest BCUT2D eigenvalue weighted by atomic mass is 10.2. The first-order valence-electron chi connectivity index (χ1n) is 4.99. The topological polar surface area (TPSA) is 49.7 Å². The fraction of sp³-hybridized carbons (Fsp3) is 0.273. The van der Waals surface area contributed by atoms with Crippen LogP contribution in [0.3, 0.4) is 0 Å². The second kappa shape index (κ2) is 5.16. The number of rotatable bonds is 3. The Morgan fingerprint density at radius 1 is 1.47 bits per heavy atom. The Kier molecular flexibility index (Phi) is 3.81. The second-order valence-corrected chi connectivity index (χ2v) is 6.39. The summed E-state index contributed by atoms with van der Waals surface area (Å²) >= 11 is 9.01. The smallest absolute Gasteiger partial charge is 0.305 e. The molecular weight excluding hydrogens is 278 g/mol. The van der Waals surface area contributed by atoms with Gasteiger partial charge in [0.15, 0.2) is 3.98 Å². The van der Waals surface area contributed by atoms with Gasteiger partial charge in [0, 0.05) is 14.4 Å². The van der Waals surface area contributed by atoms with Gasteiger partial charge in [-0.05, 0) is 25.1 Å². The zero-order valence-corrected chi connectivity index (χ0v) is 11.4. The predicted molar refractivity (Wildman–Crippen MR) is 72.0 cm³/mol. The molecule has 0 amide bonds. The number of halogens is 1. The summed E-state index contributed by atoms with van der Waals surface area (Å²) in [5.74, 6) is -0.824. The molecule has 1 unspecified atom stereocenters. The van der Waals surface area contributed by atoms with Crippen molar-refractivity contribution in [2.75, 3.05) is 0 Å². The van der Waals surface area contributed by atoms with Crippen molar-refractivity contribution in [2.24, 2.45) is 4.99 Å². The molecular formula is C11H10ClNO2S2. The summed E-state index contributed by atoms with van der Waals surface area (Å²) < 4.78 is 3.10. The maximum atomic E-state index is 10.5. The normalized spacial score (nSPS) is 14.1. The summed E-state index contributed by atoms with van der Waals surface area (Å²) in [6.45, 7) is 1.80. The van der Waals surface area contributed by atoms with Gasteiger partial charge in [-0.25, -0.2) is 0 Å². The number of carbonyl (C=O) groups is 1. The van der Waals surface area contributed by atoms with Crippen LogP contribution in [0.5, 0.6) is 0 Å². The third-order valence-corrected chi connectivity index (χ3v) is 4.65. The zero-order valence-electron chi connectivity index (χ0n) is 9.01. The van der Waals surface area contributed by atoms with E-state index in [0.29, 0.717) is 5.02 Å². The molecule has 1 N–H and O–H groups in total. The number of fused-ring (bicyclic) bond motifs is 1. The van der Waals surface area contributed by atoms with Crippen molar-refractivity contribution in [3.05, 3.63) is 27.2 Å². The Morgan fingerprint density at radius 3 is 2.88 bits per heavy atom. The van der Waals surface area contributed by atoms with Crippen molar-refractivity contribution in [3.8, 4) is 0 Å². The molecule has 0 bridgehead atoms. The van der Waals surface area contributed by atoms with E-state index in [1.54, 1.807) is 29.6 Å². The minimum absolute atomic E-state index is 0.0573. The Labute approximate surface area is 111 Å². The lowest BCUT2D eigenvalue weighted by Gasteiger charge is -1.98. The fourth-order valence-electron chi connectivity index (χ4n) is 1.39. The molecule has 3 nitrogen and oxygen atoms in total. The molecule has 1 aromatic carbocycles. The van der Waals surface area contributed by atoms with E-state index < -0.39 is 5.97 Å². The molecule has 0 aliphatic rings.